The lowest BCUT2D eigenvalue weighted by molar-refractivity contribution is -0.177. The number of carbonyl (C=O) groups excluding carboxylic acids is 1. The summed E-state index contributed by atoms with van der Waals surface area (Å²) in [6, 6.07) is 0. The number of esters is 1. The number of ether oxygens (including phenoxy) is 2. The molecule has 0 amide bonds. The Morgan fingerprint density at radius 1 is 1.35 bits per heavy atom. The van der Waals surface area contributed by atoms with Gasteiger partial charge in [0.1, 0.15) is 13.2 Å². The van der Waals surface area contributed by atoms with Crippen molar-refractivity contribution in [2.24, 2.45) is 0 Å². The van der Waals surface area contributed by atoms with Crippen LogP contribution in [0.25, 0.3) is 0 Å². The van der Waals surface area contributed by atoms with Crippen LogP contribution in [0.1, 0.15) is 27.6 Å². The Morgan fingerprint density at radius 2 is 2.10 bits per heavy atom. The highest BCUT2D eigenvalue weighted by Crippen LogP contribution is 2.19. The topological polar surface area (TPSA) is 73.3 Å². The number of methoxy groups -OCH3 is 1. The minimum absolute atomic E-state index is 0.0251. The van der Waals surface area contributed by atoms with Crippen LogP contribution in [0.4, 0.5) is 13.2 Å². The number of halogens is 3. The van der Waals surface area contributed by atoms with E-state index in [1.807, 2.05) is 0 Å². The molecule has 1 aromatic rings. The van der Waals surface area contributed by atoms with Gasteiger partial charge in [-0.25, -0.2) is 14.8 Å². The molecule has 6 nitrogen and oxygen atoms in total. The average Bonchev–Trinajstić information content (AvgIpc) is 2.83. The fourth-order valence-corrected chi connectivity index (χ4v) is 1.81. The average molecular weight is 291 g/mol. The second-order valence-corrected chi connectivity index (χ2v) is 4.12. The third kappa shape index (κ3) is 3.42. The predicted molar refractivity (Wildman–Crippen MR) is 59.6 cm³/mol. The molecule has 1 N–H and O–H groups in total. The van der Waals surface area contributed by atoms with Crippen LogP contribution in [-0.4, -0.2) is 35.8 Å². The van der Waals surface area contributed by atoms with E-state index in [0.29, 0.717) is 24.3 Å². The van der Waals surface area contributed by atoms with Crippen molar-refractivity contribution < 1.29 is 27.4 Å². The first kappa shape index (κ1) is 14.7. The molecule has 0 bridgehead atoms. The first-order chi connectivity index (χ1) is 9.40. The van der Waals surface area contributed by atoms with E-state index in [2.05, 4.69) is 24.8 Å². The van der Waals surface area contributed by atoms with Crippen LogP contribution < -0.4 is 5.32 Å². The van der Waals surface area contributed by atoms with Crippen LogP contribution in [-0.2, 0) is 29.2 Å². The molecule has 20 heavy (non-hydrogen) atoms. The Balaban J connectivity index is 2.16. The molecule has 0 saturated carbocycles. The molecular formula is C11H12F3N3O3. The lowest BCUT2D eigenvalue weighted by Gasteiger charge is -2.09. The quantitative estimate of drug-likeness (QED) is 0.832. The molecule has 1 aliphatic heterocycles. The molecule has 9 heteroatoms. The van der Waals surface area contributed by atoms with Gasteiger partial charge in [-0.2, -0.15) is 13.2 Å². The highest BCUT2D eigenvalue weighted by atomic mass is 19.4. The molecule has 0 unspecified atom stereocenters. The Bertz CT molecular complexity index is 520. The van der Waals surface area contributed by atoms with Gasteiger partial charge in [0, 0.05) is 18.7 Å². The summed E-state index contributed by atoms with van der Waals surface area (Å²) in [4.78, 5) is 19.6. The van der Waals surface area contributed by atoms with Crippen molar-refractivity contribution in [1.29, 1.82) is 0 Å². The highest BCUT2D eigenvalue weighted by Gasteiger charge is 2.28. The van der Waals surface area contributed by atoms with Crippen molar-refractivity contribution in [3.8, 4) is 0 Å². The first-order valence-electron chi connectivity index (χ1n) is 5.73. The minimum Gasteiger partial charge on any atom is -0.464 e. The molecule has 110 valence electrons. The molecule has 2 rings (SSSR count). The van der Waals surface area contributed by atoms with Gasteiger partial charge in [-0.3, -0.25) is 0 Å². The van der Waals surface area contributed by atoms with E-state index in [-0.39, 0.29) is 11.5 Å². The number of rotatable bonds is 4. The fraction of sp³-hybridized carbons (Fsp3) is 0.545. The highest BCUT2D eigenvalue weighted by molar-refractivity contribution is 5.89. The molecule has 0 fully saturated rings. The normalized spacial score (nSPS) is 14.2. The molecular weight excluding hydrogens is 279 g/mol. The molecule has 1 aromatic heterocycles. The van der Waals surface area contributed by atoms with E-state index < -0.39 is 25.4 Å². The molecule has 0 saturated heterocycles. The summed E-state index contributed by atoms with van der Waals surface area (Å²) in [5, 5.41) is 2.98. The van der Waals surface area contributed by atoms with Gasteiger partial charge in [0.25, 0.3) is 0 Å². The van der Waals surface area contributed by atoms with E-state index in [4.69, 9.17) is 0 Å². The smallest absolute Gasteiger partial charge is 0.411 e. The van der Waals surface area contributed by atoms with Crippen molar-refractivity contribution in [2.75, 3.05) is 13.7 Å². The van der Waals surface area contributed by atoms with Crippen LogP contribution >= 0.6 is 0 Å². The number of aromatic nitrogens is 2. The van der Waals surface area contributed by atoms with Crippen LogP contribution in [0.5, 0.6) is 0 Å². The summed E-state index contributed by atoms with van der Waals surface area (Å²) >= 11 is 0. The molecule has 1 aliphatic rings. The van der Waals surface area contributed by atoms with E-state index in [1.165, 1.54) is 7.11 Å². The fourth-order valence-electron chi connectivity index (χ4n) is 1.81. The van der Waals surface area contributed by atoms with Crippen LogP contribution in [0, 0.1) is 0 Å². The Kier molecular flexibility index (Phi) is 4.19. The van der Waals surface area contributed by atoms with Gasteiger partial charge >= 0.3 is 12.1 Å². The van der Waals surface area contributed by atoms with Gasteiger partial charge in [0.2, 0.25) is 0 Å². The number of alkyl halides is 3. The molecule has 0 atom stereocenters. The van der Waals surface area contributed by atoms with Crippen LogP contribution in [0.15, 0.2) is 0 Å². The minimum atomic E-state index is -4.41. The number of carbonyl (C=O) groups is 1. The summed E-state index contributed by atoms with van der Waals surface area (Å²) in [5.74, 6) is -0.624. The molecule has 0 aromatic carbocycles. The maximum absolute atomic E-state index is 12.0. The van der Waals surface area contributed by atoms with Gasteiger partial charge in [0.15, 0.2) is 11.5 Å². The maximum atomic E-state index is 12.0. The summed E-state index contributed by atoms with van der Waals surface area (Å²) < 4.78 is 45.1. The second kappa shape index (κ2) is 5.71. The molecule has 0 aliphatic carbocycles. The van der Waals surface area contributed by atoms with Crippen molar-refractivity contribution in [3.05, 3.63) is 22.8 Å². The van der Waals surface area contributed by atoms with E-state index in [9.17, 15) is 18.0 Å². The predicted octanol–water partition coefficient (Wildman–Crippen LogP) is 0.945. The summed E-state index contributed by atoms with van der Waals surface area (Å²) in [6.07, 6.45) is -4.41. The zero-order valence-corrected chi connectivity index (χ0v) is 10.6. The summed E-state index contributed by atoms with van der Waals surface area (Å²) in [7, 11) is 1.21. The number of nitrogens with zero attached hydrogens (tertiary/aromatic N) is 2. The number of nitrogens with one attached hydrogen (secondary N) is 1. The first-order valence-corrected chi connectivity index (χ1v) is 5.73. The molecule has 2 heterocycles. The second-order valence-electron chi connectivity index (χ2n) is 4.12. The standard InChI is InChI=1S/C11H12F3N3O3/c1-19-10(18)9-6-2-15-3-7(6)16-8(17-9)4-20-5-11(12,13)14/h15H,2-5H2,1H3. The zero-order valence-electron chi connectivity index (χ0n) is 10.6. The largest absolute Gasteiger partial charge is 0.464 e. The van der Waals surface area contributed by atoms with Gasteiger partial charge < -0.3 is 14.8 Å². The Labute approximate surface area is 112 Å². The molecule has 0 spiro atoms. The monoisotopic (exact) mass is 291 g/mol. The lowest BCUT2D eigenvalue weighted by Crippen LogP contribution is -2.18. The SMILES string of the molecule is COC(=O)c1nc(COCC(F)(F)F)nc2c1CNC2. The Morgan fingerprint density at radius 3 is 2.75 bits per heavy atom. The number of hydrogen-bond donors (Lipinski definition) is 1. The summed E-state index contributed by atoms with van der Waals surface area (Å²) in [5.41, 5.74) is 1.25. The van der Waals surface area contributed by atoms with Gasteiger partial charge in [-0.15, -0.1) is 0 Å². The number of hydrogen-bond acceptors (Lipinski definition) is 6. The van der Waals surface area contributed by atoms with Crippen molar-refractivity contribution in [2.45, 2.75) is 25.9 Å². The van der Waals surface area contributed by atoms with Crippen molar-refractivity contribution in [3.63, 3.8) is 0 Å². The van der Waals surface area contributed by atoms with E-state index in [1.54, 1.807) is 0 Å². The third-order valence-electron chi connectivity index (χ3n) is 2.61. The van der Waals surface area contributed by atoms with E-state index >= 15 is 0 Å². The van der Waals surface area contributed by atoms with Crippen LogP contribution in [0.3, 0.4) is 0 Å². The lowest BCUT2D eigenvalue weighted by atomic mass is 10.2. The van der Waals surface area contributed by atoms with Gasteiger partial charge in [0.05, 0.1) is 12.8 Å². The third-order valence-corrected chi connectivity index (χ3v) is 2.61. The van der Waals surface area contributed by atoms with E-state index in [0.717, 1.165) is 0 Å². The van der Waals surface area contributed by atoms with Crippen molar-refractivity contribution in [1.82, 2.24) is 15.3 Å². The summed E-state index contributed by atoms with van der Waals surface area (Å²) in [6.45, 7) is -0.965. The number of fused-ring (bicyclic) bond motifs is 1. The zero-order chi connectivity index (χ0) is 14.8. The van der Waals surface area contributed by atoms with Crippen molar-refractivity contribution >= 4 is 5.97 Å². The van der Waals surface area contributed by atoms with Gasteiger partial charge in [-0.05, 0) is 0 Å². The Hall–Kier alpha value is -1.74. The van der Waals surface area contributed by atoms with Crippen LogP contribution in [0.2, 0.25) is 0 Å². The maximum Gasteiger partial charge on any atom is 0.411 e. The van der Waals surface area contributed by atoms with Gasteiger partial charge in [-0.1, -0.05) is 0 Å². The molecule has 0 radical (unpaired) electrons.